The Hall–Kier alpha value is 0.0569. The average Bonchev–Trinajstić information content (AvgIpc) is 3.17. The monoisotopic (exact) mass is 260 g/mol. The molecule has 100 valence electrons. The number of ether oxygens (including phenoxy) is 3. The lowest BCUT2D eigenvalue weighted by atomic mass is 10.2. The minimum Gasteiger partial charge on any atom is -0.421 e. The van der Waals surface area contributed by atoms with Crippen LogP contribution in [0.5, 0.6) is 0 Å². The van der Waals surface area contributed by atoms with E-state index in [1.54, 1.807) is 0 Å². The summed E-state index contributed by atoms with van der Waals surface area (Å²) in [6.45, 7) is 5.54. The molecule has 0 aromatic heterocycles. The van der Waals surface area contributed by atoms with Crippen molar-refractivity contribution in [2.75, 3.05) is 26.4 Å². The second-order valence-electron chi connectivity index (χ2n) is 4.81. The van der Waals surface area contributed by atoms with Gasteiger partial charge in [-0.2, -0.15) is 0 Å². The molecule has 0 radical (unpaired) electrons. The van der Waals surface area contributed by atoms with Gasteiger partial charge in [-0.1, -0.05) is 13.3 Å². The first kappa shape index (κ1) is 13.5. The van der Waals surface area contributed by atoms with Gasteiger partial charge in [0.05, 0.1) is 25.0 Å². The summed E-state index contributed by atoms with van der Waals surface area (Å²) in [5.41, 5.74) is 0.249. The van der Waals surface area contributed by atoms with Gasteiger partial charge >= 0.3 is 0 Å². The summed E-state index contributed by atoms with van der Waals surface area (Å²) < 4.78 is 22.6. The molecule has 17 heavy (non-hydrogen) atoms. The Balaban J connectivity index is 1.63. The first-order valence-electron chi connectivity index (χ1n) is 6.82. The van der Waals surface area contributed by atoms with Crippen molar-refractivity contribution in [2.24, 2.45) is 0 Å². The van der Waals surface area contributed by atoms with Gasteiger partial charge in [0.15, 0.2) is 9.76 Å². The summed E-state index contributed by atoms with van der Waals surface area (Å²) in [7, 11) is -0.615. The standard InChI is InChI=1S/C12H24O4Si/c1-2-3-7-16-17-12-11(5-4-6-13-12)15-9-10-8-14-10/h10-12H,2-9,17H2,1H3. The molecule has 2 heterocycles. The molecule has 2 saturated heterocycles. The van der Waals surface area contributed by atoms with Crippen LogP contribution in [-0.2, 0) is 18.6 Å². The molecule has 0 aromatic carbocycles. The molecule has 2 aliphatic rings. The molecule has 0 saturated carbocycles. The van der Waals surface area contributed by atoms with Crippen LogP contribution in [0.3, 0.4) is 0 Å². The fourth-order valence-corrected chi connectivity index (χ4v) is 3.45. The van der Waals surface area contributed by atoms with Gasteiger partial charge in [0.1, 0.15) is 6.10 Å². The molecular formula is C12H24O4Si. The van der Waals surface area contributed by atoms with E-state index in [0.717, 1.165) is 45.7 Å². The van der Waals surface area contributed by atoms with Crippen molar-refractivity contribution in [1.82, 2.24) is 0 Å². The average molecular weight is 260 g/mol. The smallest absolute Gasteiger partial charge is 0.193 e. The molecule has 2 rings (SSSR count). The van der Waals surface area contributed by atoms with E-state index < -0.39 is 9.76 Å². The zero-order chi connectivity index (χ0) is 11.9. The summed E-state index contributed by atoms with van der Waals surface area (Å²) in [4.78, 5) is 0. The third-order valence-electron chi connectivity index (χ3n) is 3.20. The van der Waals surface area contributed by atoms with Crippen LogP contribution >= 0.6 is 0 Å². The van der Waals surface area contributed by atoms with Gasteiger partial charge < -0.3 is 18.6 Å². The Kier molecular flexibility index (Phi) is 5.94. The van der Waals surface area contributed by atoms with E-state index in [-0.39, 0.29) is 11.8 Å². The predicted molar refractivity (Wildman–Crippen MR) is 67.9 cm³/mol. The molecule has 3 atom stereocenters. The van der Waals surface area contributed by atoms with Crippen molar-refractivity contribution >= 4 is 9.76 Å². The highest BCUT2D eigenvalue weighted by Crippen LogP contribution is 2.19. The third kappa shape index (κ3) is 5.05. The fourth-order valence-electron chi connectivity index (χ4n) is 2.00. The number of rotatable bonds is 8. The lowest BCUT2D eigenvalue weighted by Gasteiger charge is -2.31. The van der Waals surface area contributed by atoms with Gasteiger partial charge in [0.2, 0.25) is 0 Å². The van der Waals surface area contributed by atoms with E-state index in [1.807, 2.05) is 0 Å². The first-order chi connectivity index (χ1) is 8.40. The van der Waals surface area contributed by atoms with Gasteiger partial charge in [-0.3, -0.25) is 0 Å². The molecule has 0 amide bonds. The van der Waals surface area contributed by atoms with E-state index in [9.17, 15) is 0 Å². The van der Waals surface area contributed by atoms with Crippen LogP contribution in [0.15, 0.2) is 0 Å². The maximum atomic E-state index is 5.88. The topological polar surface area (TPSA) is 40.2 Å². The van der Waals surface area contributed by atoms with Crippen LogP contribution in [0, 0.1) is 0 Å². The molecule has 5 heteroatoms. The quantitative estimate of drug-likeness (QED) is 0.368. The van der Waals surface area contributed by atoms with Crippen molar-refractivity contribution < 1.29 is 18.6 Å². The maximum Gasteiger partial charge on any atom is 0.193 e. The molecule has 0 bridgehead atoms. The van der Waals surface area contributed by atoms with Crippen molar-refractivity contribution in [3.63, 3.8) is 0 Å². The van der Waals surface area contributed by atoms with Crippen molar-refractivity contribution in [3.05, 3.63) is 0 Å². The molecule has 0 aromatic rings. The second kappa shape index (κ2) is 7.48. The molecule has 0 aliphatic carbocycles. The number of hydrogen-bond donors (Lipinski definition) is 0. The van der Waals surface area contributed by atoms with E-state index in [0.29, 0.717) is 6.10 Å². The maximum absolute atomic E-state index is 5.88. The van der Waals surface area contributed by atoms with E-state index in [1.165, 1.54) is 6.42 Å². The van der Waals surface area contributed by atoms with Crippen molar-refractivity contribution in [1.29, 1.82) is 0 Å². The molecule has 2 fully saturated rings. The van der Waals surface area contributed by atoms with Crippen LogP contribution in [-0.4, -0.2) is 54.1 Å². The number of unbranched alkanes of at least 4 members (excludes halogenated alkanes) is 1. The Bertz CT molecular complexity index is 211. The van der Waals surface area contributed by atoms with Gasteiger partial charge in [0, 0.05) is 13.2 Å². The Morgan fingerprint density at radius 3 is 3.00 bits per heavy atom. The SMILES string of the molecule is CCCCO[SiH2]C1OCCCC1OCC1CO1. The second-order valence-corrected chi connectivity index (χ2v) is 6.35. The number of hydrogen-bond acceptors (Lipinski definition) is 4. The van der Waals surface area contributed by atoms with Crippen molar-refractivity contribution in [3.8, 4) is 0 Å². The summed E-state index contributed by atoms with van der Waals surface area (Å²) in [6.07, 6.45) is 5.17. The molecule has 0 spiro atoms. The van der Waals surface area contributed by atoms with Gasteiger partial charge in [-0.25, -0.2) is 0 Å². The van der Waals surface area contributed by atoms with E-state index >= 15 is 0 Å². The largest absolute Gasteiger partial charge is 0.421 e. The Labute approximate surface area is 106 Å². The molecular weight excluding hydrogens is 236 g/mol. The van der Waals surface area contributed by atoms with Gasteiger partial charge in [-0.15, -0.1) is 0 Å². The minimum absolute atomic E-state index is 0.249. The zero-order valence-electron chi connectivity index (χ0n) is 10.7. The van der Waals surface area contributed by atoms with E-state index in [4.69, 9.17) is 18.6 Å². The fraction of sp³-hybridized carbons (Fsp3) is 1.00. The summed E-state index contributed by atoms with van der Waals surface area (Å²) in [5.74, 6) is 0. The summed E-state index contributed by atoms with van der Waals surface area (Å²) in [6, 6.07) is 0. The highest BCUT2D eigenvalue weighted by Gasteiger charge is 2.30. The molecule has 0 N–H and O–H groups in total. The molecule has 4 nitrogen and oxygen atoms in total. The van der Waals surface area contributed by atoms with Crippen molar-refractivity contribution in [2.45, 2.75) is 50.5 Å². The molecule has 2 aliphatic heterocycles. The number of epoxide rings is 1. The lowest BCUT2D eigenvalue weighted by molar-refractivity contribution is -0.0790. The lowest BCUT2D eigenvalue weighted by Crippen LogP contribution is -2.42. The molecule has 3 unspecified atom stereocenters. The minimum atomic E-state index is -0.615. The van der Waals surface area contributed by atoms with Crippen LogP contribution in [0.25, 0.3) is 0 Å². The Morgan fingerprint density at radius 2 is 2.24 bits per heavy atom. The highest BCUT2D eigenvalue weighted by molar-refractivity contribution is 6.29. The van der Waals surface area contributed by atoms with Crippen LogP contribution in [0.2, 0.25) is 0 Å². The van der Waals surface area contributed by atoms with Crippen LogP contribution < -0.4 is 0 Å². The summed E-state index contributed by atoms with van der Waals surface area (Å²) in [5, 5.41) is 0. The Morgan fingerprint density at radius 1 is 1.35 bits per heavy atom. The summed E-state index contributed by atoms with van der Waals surface area (Å²) >= 11 is 0. The predicted octanol–water partition coefficient (Wildman–Crippen LogP) is 0.807. The normalized spacial score (nSPS) is 33.4. The van der Waals surface area contributed by atoms with Gasteiger partial charge in [-0.05, 0) is 19.3 Å². The zero-order valence-corrected chi connectivity index (χ0v) is 12.1. The first-order valence-corrected chi connectivity index (χ1v) is 8.22. The third-order valence-corrected chi connectivity index (χ3v) is 4.82. The highest BCUT2D eigenvalue weighted by atomic mass is 28.2. The van der Waals surface area contributed by atoms with Crippen LogP contribution in [0.4, 0.5) is 0 Å². The van der Waals surface area contributed by atoms with Gasteiger partial charge in [0.25, 0.3) is 0 Å². The van der Waals surface area contributed by atoms with Crippen LogP contribution in [0.1, 0.15) is 32.6 Å². The van der Waals surface area contributed by atoms with E-state index in [2.05, 4.69) is 6.92 Å².